The maximum Gasteiger partial charge on any atom is 0.257 e. The maximum absolute atomic E-state index is 14.4. The maximum atomic E-state index is 14.4. The monoisotopic (exact) mass is 1960 g/mol. The molecule has 0 N–H and O–H groups in total. The summed E-state index contributed by atoms with van der Waals surface area (Å²) in [6, 6.07) is 42.0. The normalized spacial score (nSPS) is 18.4. The number of likely N-dealkylation sites (N-methyl/N-ethyl adjacent to an activating group) is 2. The summed E-state index contributed by atoms with van der Waals surface area (Å²) in [5.41, 5.74) is 14.9. The average Bonchev–Trinajstić information content (AvgIpc) is 0.862. The van der Waals surface area contributed by atoms with Crippen LogP contribution < -0.4 is 19.4 Å². The summed E-state index contributed by atoms with van der Waals surface area (Å²) in [4.78, 5) is 52.2. The standard InChI is InChI=1S/C16H22FNO3.C16H27N3.2C16H25NO.C15H25N3.C15H21NO2.C12H19N3.C11H16FN3/c1-16(2,3)12-10-13(17)11(9-14(12)20-4)15(19)18-5-7-21-8-6-18;1-5-18-8-10-19(11-9-18)13-14-6-7-15(17-12-14)16(2,3)4;2*1-12-10-17(11-13(2)18-12)15-8-6-14(7-9-15)16(3,4)5;1-5-17-8-10-18(11-9-17)13-6-7-14(16-12-13)15(2,3)4;1-15(2,3)13-6-4-12(5-7-13)14(17)16-8-10-18-11-9-16;1-9-10(11(2,3)4)7-15(14-9)12(5,6)8-13;1-10(2,3)8-6-15(14-9(8)12)11(4,5)7-13/h9-10H,5-8H2,1-4H3;6-7,12H,5,8-11,13H2,1-4H3;2*6-9,12-13H,10-11H2,1-5H3;6-7,12H,5,8-11H2,1-4H3;4-7H,8-11H2,1-3H3;7H,1-6H3;6H,1-5H3/t;;12-,13+;;;;;. The third kappa shape index (κ3) is 36.5. The van der Waals surface area contributed by atoms with Crippen LogP contribution in [0.2, 0.25) is 0 Å². The summed E-state index contributed by atoms with van der Waals surface area (Å²) >= 11 is 0. The molecular weight excluding hydrogens is 1780 g/mol. The van der Waals surface area contributed by atoms with Gasteiger partial charge < -0.3 is 58.0 Å². The smallest absolute Gasteiger partial charge is 0.257 e. The number of benzene rings is 4. The number of carbonyl (C=O) groups is 2. The highest BCUT2D eigenvalue weighted by Gasteiger charge is 2.34. The highest BCUT2D eigenvalue weighted by atomic mass is 19.1. The van der Waals surface area contributed by atoms with Crippen LogP contribution in [-0.4, -0.2) is 242 Å². The first kappa shape index (κ1) is 119. The summed E-state index contributed by atoms with van der Waals surface area (Å²) in [5, 5.41) is 26.1. The van der Waals surface area contributed by atoms with Crippen LogP contribution in [0.4, 0.5) is 25.8 Å². The minimum Gasteiger partial charge on any atom is -0.496 e. The third-order valence-electron chi connectivity index (χ3n) is 26.4. The van der Waals surface area contributed by atoms with Crippen molar-refractivity contribution in [3.63, 3.8) is 0 Å². The van der Waals surface area contributed by atoms with Gasteiger partial charge in [-0.3, -0.25) is 29.1 Å². The van der Waals surface area contributed by atoms with Crippen molar-refractivity contribution in [3.05, 3.63) is 213 Å². The first-order valence-corrected chi connectivity index (χ1v) is 51.6. The lowest BCUT2D eigenvalue weighted by atomic mass is 9.85. The largest absolute Gasteiger partial charge is 0.496 e. The number of amides is 2. The molecule has 14 rings (SSSR count). The van der Waals surface area contributed by atoms with Gasteiger partial charge in [-0.1, -0.05) is 222 Å². The van der Waals surface area contributed by atoms with E-state index < -0.39 is 22.8 Å². The Hall–Kier alpha value is -9.70. The Morgan fingerprint density at radius 1 is 0.408 bits per heavy atom. The third-order valence-corrected chi connectivity index (χ3v) is 26.4. The Labute approximate surface area is 855 Å². The summed E-state index contributed by atoms with van der Waals surface area (Å²) in [6.07, 6.45) is 8.94. The lowest BCUT2D eigenvalue weighted by Crippen LogP contribution is -2.46. The zero-order valence-corrected chi connectivity index (χ0v) is 94.0. The molecule has 0 radical (unpaired) electrons. The van der Waals surface area contributed by atoms with Crippen LogP contribution in [0.25, 0.3) is 0 Å². The molecule has 6 saturated heterocycles. The van der Waals surface area contributed by atoms with E-state index in [1.807, 2.05) is 110 Å². The van der Waals surface area contributed by atoms with Gasteiger partial charge in [0.25, 0.3) is 11.8 Å². The number of anilines is 3. The van der Waals surface area contributed by atoms with Crippen molar-refractivity contribution in [1.29, 1.82) is 10.5 Å². The van der Waals surface area contributed by atoms with Crippen LogP contribution in [0.5, 0.6) is 5.75 Å². The molecule has 6 fully saturated rings. The second-order valence-electron chi connectivity index (χ2n) is 48.1. The van der Waals surface area contributed by atoms with Gasteiger partial charge in [0.05, 0.1) is 93.2 Å². The van der Waals surface area contributed by atoms with Gasteiger partial charge in [0, 0.05) is 180 Å². The summed E-state index contributed by atoms with van der Waals surface area (Å²) in [5.74, 6) is -0.656. The molecule has 4 atom stereocenters. The lowest BCUT2D eigenvalue weighted by Gasteiger charge is -2.37. The van der Waals surface area contributed by atoms with Crippen molar-refractivity contribution >= 4 is 28.9 Å². The molecule has 0 aliphatic carbocycles. The van der Waals surface area contributed by atoms with E-state index in [1.165, 1.54) is 113 Å². The van der Waals surface area contributed by atoms with Crippen LogP contribution in [0.15, 0.2) is 134 Å². The van der Waals surface area contributed by atoms with Crippen molar-refractivity contribution in [3.8, 4) is 17.9 Å². The molecule has 25 heteroatoms. The SMILES string of the molecule is CC(C)(C)c1ccc(C(=O)N2CCOCC2)cc1.CC(C)(C)c1cn(C(C)(C)C#N)nc1F.CC1CN(c2ccc(C(C)(C)C)cc2)CC(C)O1.CCN1CCN(Cc2ccc(C(C)(C)C)nc2)CC1.CCN1CCN(c2ccc(C(C)(C)C)nc2)CC1.COc1cc(C(=O)N2CCOCC2)c(F)cc1C(C)(C)C.C[C@@H]1CN(c2ccc(C(C)(C)C)cc2)C[C@H](C)O1.Cc1nn(C(C)(C)C#N)cc1C(C)(C)C. The van der Waals surface area contributed by atoms with E-state index in [4.69, 9.17) is 34.2 Å². The zero-order valence-electron chi connectivity index (χ0n) is 94.0. The first-order valence-electron chi connectivity index (χ1n) is 51.6. The van der Waals surface area contributed by atoms with Crippen molar-refractivity contribution in [2.24, 2.45) is 0 Å². The Balaban J connectivity index is 0.000000221. The molecule has 6 aliphatic heterocycles. The van der Waals surface area contributed by atoms with Crippen molar-refractivity contribution in [1.82, 2.24) is 54.0 Å². The molecule has 142 heavy (non-hydrogen) atoms. The Morgan fingerprint density at radius 3 is 1.11 bits per heavy atom. The van der Waals surface area contributed by atoms with Crippen LogP contribution in [0.1, 0.15) is 312 Å². The number of carbonyl (C=O) groups excluding carboxylic acids is 2. The fourth-order valence-electron chi connectivity index (χ4n) is 17.1. The molecule has 8 aromatic rings. The predicted molar refractivity (Wildman–Crippen MR) is 579 cm³/mol. The number of rotatable bonds is 12. The van der Waals surface area contributed by atoms with Crippen molar-refractivity contribution < 1.29 is 42.1 Å². The zero-order chi connectivity index (χ0) is 106. The number of pyridine rings is 2. The fraction of sp³-hybridized carbons (Fsp3) is 0.624. The fourth-order valence-corrected chi connectivity index (χ4v) is 17.1. The van der Waals surface area contributed by atoms with Crippen LogP contribution in [0.3, 0.4) is 0 Å². The summed E-state index contributed by atoms with van der Waals surface area (Å²) in [7, 11) is 1.53. The van der Waals surface area contributed by atoms with E-state index in [0.717, 1.165) is 82.3 Å². The highest BCUT2D eigenvalue weighted by molar-refractivity contribution is 5.95. The number of hydrogen-bond acceptors (Lipinski definition) is 19. The lowest BCUT2D eigenvalue weighted by molar-refractivity contribution is -0.00548. The van der Waals surface area contributed by atoms with E-state index in [2.05, 4.69) is 301 Å². The number of aryl methyl sites for hydroxylation is 1. The topological polar surface area (TPSA) is 215 Å². The Bertz CT molecular complexity index is 5090. The van der Waals surface area contributed by atoms with E-state index in [1.54, 1.807) is 29.6 Å². The second-order valence-corrected chi connectivity index (χ2v) is 48.1. The van der Waals surface area contributed by atoms with Crippen LogP contribution in [0, 0.1) is 41.4 Å². The molecule has 23 nitrogen and oxygen atoms in total. The molecule has 10 heterocycles. The molecule has 2 unspecified atom stereocenters. The number of ether oxygens (including phenoxy) is 5. The molecule has 4 aromatic carbocycles. The number of hydrogen-bond donors (Lipinski definition) is 0. The summed E-state index contributed by atoms with van der Waals surface area (Å²) < 4.78 is 58.4. The van der Waals surface area contributed by atoms with Crippen LogP contribution >= 0.6 is 0 Å². The number of aromatic nitrogens is 6. The average molecular weight is 1960 g/mol. The number of morpholine rings is 4. The Kier molecular flexibility index (Phi) is 43.1. The number of nitriles is 2. The van der Waals surface area contributed by atoms with E-state index in [9.17, 15) is 18.4 Å². The van der Waals surface area contributed by atoms with Gasteiger partial charge in [-0.05, 0) is 202 Å². The van der Waals surface area contributed by atoms with Gasteiger partial charge in [-0.25, -0.2) is 9.07 Å². The molecule has 0 bridgehead atoms. The van der Waals surface area contributed by atoms with Gasteiger partial charge in [-0.15, -0.1) is 5.10 Å². The predicted octanol–water partition coefficient (Wildman–Crippen LogP) is 22.6. The van der Waals surface area contributed by atoms with Gasteiger partial charge in [0.2, 0.25) is 5.95 Å². The summed E-state index contributed by atoms with van der Waals surface area (Å²) in [6.45, 7) is 94.8. The number of halogens is 2. The molecular formula is C117H180F2N16O7. The van der Waals surface area contributed by atoms with E-state index in [-0.39, 0.29) is 60.7 Å². The molecule has 4 aromatic heterocycles. The van der Waals surface area contributed by atoms with Crippen molar-refractivity contribution in [2.75, 3.05) is 166 Å². The van der Waals surface area contributed by atoms with Gasteiger partial charge in [-0.2, -0.15) is 20.0 Å². The molecule has 784 valence electrons. The number of piperazine rings is 2. The molecule has 2 amide bonds. The molecule has 0 spiro atoms. The van der Waals surface area contributed by atoms with Gasteiger partial charge >= 0.3 is 0 Å². The highest BCUT2D eigenvalue weighted by Crippen LogP contribution is 2.37. The number of methoxy groups -OCH3 is 1. The Morgan fingerprint density at radius 2 is 0.768 bits per heavy atom. The van der Waals surface area contributed by atoms with Gasteiger partial charge in [0.15, 0.2) is 0 Å². The van der Waals surface area contributed by atoms with Crippen LogP contribution in [-0.2, 0) is 79.9 Å². The first-order chi connectivity index (χ1) is 65.9. The van der Waals surface area contributed by atoms with E-state index >= 15 is 0 Å². The quantitative estimate of drug-likeness (QED) is 0.111. The minimum absolute atomic E-state index is 0.0572. The second kappa shape index (κ2) is 51.4. The number of nitrogens with zero attached hydrogens (tertiary/aromatic N) is 16. The molecule has 0 saturated carbocycles. The van der Waals surface area contributed by atoms with E-state index in [0.29, 0.717) is 88.3 Å². The minimum atomic E-state index is -0.815. The van der Waals surface area contributed by atoms with Crippen molar-refractivity contribution in [2.45, 2.75) is 328 Å². The van der Waals surface area contributed by atoms with Gasteiger partial charge in [0.1, 0.15) is 22.6 Å². The molecule has 6 aliphatic rings.